The zero-order valence-corrected chi connectivity index (χ0v) is 18.2. The van der Waals surface area contributed by atoms with Crippen molar-refractivity contribution in [3.05, 3.63) is 107 Å². The van der Waals surface area contributed by atoms with Crippen LogP contribution in [0.1, 0.15) is 27.9 Å². The number of hydrogen-bond donors (Lipinski definition) is 0. The summed E-state index contributed by atoms with van der Waals surface area (Å²) in [5, 5.41) is 12.6. The van der Waals surface area contributed by atoms with Gasteiger partial charge in [-0.05, 0) is 59.5 Å². The van der Waals surface area contributed by atoms with Crippen LogP contribution in [0.15, 0.2) is 79.0 Å². The van der Waals surface area contributed by atoms with Gasteiger partial charge in [0.25, 0.3) is 0 Å². The summed E-state index contributed by atoms with van der Waals surface area (Å²) in [6.07, 6.45) is 1.82. The number of pyridine rings is 1. The van der Waals surface area contributed by atoms with Crippen molar-refractivity contribution in [1.82, 2.24) is 9.55 Å². The molecule has 0 radical (unpaired) electrons. The number of hydrogen-bond acceptors (Lipinski definition) is 3. The molecule has 5 aromatic rings. The molecule has 0 saturated carbocycles. The molecule has 5 rings (SSSR count). The van der Waals surface area contributed by atoms with Gasteiger partial charge in [-0.1, -0.05) is 54.6 Å². The first-order valence-electron chi connectivity index (χ1n) is 10.7. The molecule has 0 bridgehead atoms. The molecule has 0 aliphatic rings. The van der Waals surface area contributed by atoms with E-state index in [1.807, 2.05) is 30.5 Å². The van der Waals surface area contributed by atoms with E-state index in [1.165, 1.54) is 22.0 Å². The van der Waals surface area contributed by atoms with Crippen molar-refractivity contribution in [2.75, 3.05) is 0 Å². The van der Waals surface area contributed by atoms with Crippen molar-refractivity contribution in [1.29, 1.82) is 5.26 Å². The fourth-order valence-electron chi connectivity index (χ4n) is 4.30. The van der Waals surface area contributed by atoms with Gasteiger partial charge in [0, 0.05) is 23.8 Å². The van der Waals surface area contributed by atoms with Crippen LogP contribution in [0.2, 0.25) is 0 Å². The second-order valence-corrected chi connectivity index (χ2v) is 8.04. The van der Waals surface area contributed by atoms with Crippen LogP contribution < -0.4 is 4.74 Å². The molecule has 32 heavy (non-hydrogen) atoms. The number of ether oxygens (including phenoxy) is 1. The smallest absolute Gasteiger partial charge is 0.238 e. The first-order valence-corrected chi connectivity index (χ1v) is 10.7. The maximum Gasteiger partial charge on any atom is 0.238 e. The van der Waals surface area contributed by atoms with Gasteiger partial charge in [0.2, 0.25) is 5.88 Å². The van der Waals surface area contributed by atoms with E-state index in [0.717, 1.165) is 22.0 Å². The Labute approximate surface area is 187 Å². The van der Waals surface area contributed by atoms with Gasteiger partial charge in [-0.15, -0.1) is 0 Å². The van der Waals surface area contributed by atoms with E-state index in [1.54, 1.807) is 0 Å². The topological polar surface area (TPSA) is 50.8 Å². The van der Waals surface area contributed by atoms with Crippen LogP contribution in [-0.2, 0) is 13.2 Å². The Balaban J connectivity index is 1.53. The van der Waals surface area contributed by atoms with Crippen molar-refractivity contribution < 1.29 is 4.74 Å². The number of nitrogens with zero attached hydrogens (tertiary/aromatic N) is 3. The minimum absolute atomic E-state index is 0.452. The molecule has 0 atom stereocenters. The number of fused-ring (bicyclic) bond motifs is 2. The first kappa shape index (κ1) is 19.8. The molecular weight excluding hydrogens is 394 g/mol. The molecule has 0 spiro atoms. The van der Waals surface area contributed by atoms with Gasteiger partial charge in [0.15, 0.2) is 0 Å². The SMILES string of the molecule is Cc1c(C)n(Cc2ccc(C#N)cc2)c2c(OCc3cccc4ccccc34)nccc12. The van der Waals surface area contributed by atoms with E-state index in [-0.39, 0.29) is 0 Å². The fraction of sp³-hybridized carbons (Fsp3) is 0.143. The Morgan fingerprint density at radius 1 is 0.906 bits per heavy atom. The third-order valence-electron chi connectivity index (χ3n) is 6.18. The van der Waals surface area contributed by atoms with E-state index < -0.39 is 0 Å². The van der Waals surface area contributed by atoms with Crippen LogP contribution in [0.25, 0.3) is 21.7 Å². The third kappa shape index (κ3) is 3.48. The average molecular weight is 418 g/mol. The highest BCUT2D eigenvalue weighted by Crippen LogP contribution is 2.32. The van der Waals surface area contributed by atoms with Crippen molar-refractivity contribution in [3.63, 3.8) is 0 Å². The lowest BCUT2D eigenvalue weighted by molar-refractivity contribution is 0.298. The van der Waals surface area contributed by atoms with Crippen molar-refractivity contribution in [2.24, 2.45) is 0 Å². The quantitative estimate of drug-likeness (QED) is 0.337. The second-order valence-electron chi connectivity index (χ2n) is 8.04. The van der Waals surface area contributed by atoms with E-state index in [9.17, 15) is 0 Å². The molecule has 0 amide bonds. The predicted octanol–water partition coefficient (Wildman–Crippen LogP) is 6.31. The number of nitriles is 1. The van der Waals surface area contributed by atoms with Gasteiger partial charge in [-0.2, -0.15) is 5.26 Å². The fourth-order valence-corrected chi connectivity index (χ4v) is 4.30. The summed E-state index contributed by atoms with van der Waals surface area (Å²) in [7, 11) is 0. The van der Waals surface area contributed by atoms with Crippen molar-refractivity contribution >= 4 is 21.7 Å². The molecule has 156 valence electrons. The van der Waals surface area contributed by atoms with Crippen LogP contribution >= 0.6 is 0 Å². The lowest BCUT2D eigenvalue weighted by Crippen LogP contribution is -2.05. The molecule has 0 unspecified atom stereocenters. The lowest BCUT2D eigenvalue weighted by atomic mass is 10.1. The third-order valence-corrected chi connectivity index (χ3v) is 6.18. The first-order chi connectivity index (χ1) is 15.7. The normalized spacial score (nSPS) is 11.0. The van der Waals surface area contributed by atoms with E-state index in [0.29, 0.717) is 24.6 Å². The highest BCUT2D eigenvalue weighted by Gasteiger charge is 2.17. The summed E-state index contributed by atoms with van der Waals surface area (Å²) in [5.41, 5.74) is 6.36. The number of benzene rings is 3. The number of aryl methyl sites for hydroxylation is 1. The molecule has 0 aliphatic carbocycles. The monoisotopic (exact) mass is 417 g/mol. The molecule has 2 heterocycles. The average Bonchev–Trinajstić information content (AvgIpc) is 3.08. The van der Waals surface area contributed by atoms with E-state index >= 15 is 0 Å². The molecular formula is C28H23N3O. The van der Waals surface area contributed by atoms with Crippen LogP contribution in [0, 0.1) is 25.2 Å². The predicted molar refractivity (Wildman–Crippen MR) is 128 cm³/mol. The minimum Gasteiger partial charge on any atom is -0.471 e. The van der Waals surface area contributed by atoms with Gasteiger partial charge in [-0.3, -0.25) is 0 Å². The summed E-state index contributed by atoms with van der Waals surface area (Å²) in [5.74, 6) is 0.639. The molecule has 4 heteroatoms. The summed E-state index contributed by atoms with van der Waals surface area (Å²) in [6.45, 7) is 5.42. The van der Waals surface area contributed by atoms with Crippen molar-refractivity contribution in [3.8, 4) is 11.9 Å². The number of aromatic nitrogens is 2. The molecule has 0 fully saturated rings. The molecule has 3 aromatic carbocycles. The molecule has 0 N–H and O–H groups in total. The van der Waals surface area contributed by atoms with Crippen LogP contribution in [0.4, 0.5) is 0 Å². The van der Waals surface area contributed by atoms with Crippen LogP contribution in [-0.4, -0.2) is 9.55 Å². The second kappa shape index (κ2) is 8.20. The van der Waals surface area contributed by atoms with Crippen LogP contribution in [0.3, 0.4) is 0 Å². The highest BCUT2D eigenvalue weighted by atomic mass is 16.5. The summed E-state index contributed by atoms with van der Waals surface area (Å²) in [4.78, 5) is 4.60. The molecule has 2 aromatic heterocycles. The van der Waals surface area contributed by atoms with Gasteiger partial charge in [0.05, 0.1) is 11.6 Å². The minimum atomic E-state index is 0.452. The summed E-state index contributed by atoms with van der Waals surface area (Å²) >= 11 is 0. The lowest BCUT2D eigenvalue weighted by Gasteiger charge is -2.13. The Hall–Kier alpha value is -4.10. The summed E-state index contributed by atoms with van der Waals surface area (Å²) < 4.78 is 8.58. The zero-order chi connectivity index (χ0) is 22.1. The molecule has 0 saturated heterocycles. The Morgan fingerprint density at radius 2 is 1.69 bits per heavy atom. The maximum absolute atomic E-state index is 9.08. The Morgan fingerprint density at radius 3 is 2.50 bits per heavy atom. The van der Waals surface area contributed by atoms with Gasteiger partial charge in [0.1, 0.15) is 12.1 Å². The number of rotatable bonds is 5. The Bertz CT molecular complexity index is 1470. The largest absolute Gasteiger partial charge is 0.471 e. The highest BCUT2D eigenvalue weighted by molar-refractivity contribution is 5.89. The zero-order valence-electron chi connectivity index (χ0n) is 18.2. The van der Waals surface area contributed by atoms with Crippen molar-refractivity contribution in [2.45, 2.75) is 27.0 Å². The standard InChI is InChI=1S/C28H23N3O/c1-19-20(2)31(17-22-12-10-21(16-29)11-13-22)27-25(19)14-15-30-28(27)32-18-24-8-5-7-23-6-3-4-9-26(23)24/h3-15H,17-18H2,1-2H3. The van der Waals surface area contributed by atoms with Crippen LogP contribution in [0.5, 0.6) is 5.88 Å². The van der Waals surface area contributed by atoms with Gasteiger partial charge in [-0.25, -0.2) is 4.98 Å². The van der Waals surface area contributed by atoms with Gasteiger partial charge >= 0.3 is 0 Å². The molecule has 0 aliphatic heterocycles. The maximum atomic E-state index is 9.08. The summed E-state index contributed by atoms with van der Waals surface area (Å²) in [6, 6.07) is 26.6. The molecule has 4 nitrogen and oxygen atoms in total. The Kier molecular flexibility index (Phi) is 5.09. The van der Waals surface area contributed by atoms with E-state index in [2.05, 4.69) is 78.0 Å². The van der Waals surface area contributed by atoms with E-state index in [4.69, 9.17) is 10.00 Å². The van der Waals surface area contributed by atoms with Gasteiger partial charge < -0.3 is 9.30 Å².